The summed E-state index contributed by atoms with van der Waals surface area (Å²) in [6, 6.07) is 1.41. The lowest BCUT2D eigenvalue weighted by Crippen LogP contribution is -2.30. The average molecular weight is 237 g/mol. The van der Waals surface area contributed by atoms with E-state index < -0.39 is 10.9 Å². The van der Waals surface area contributed by atoms with Crippen molar-refractivity contribution < 1.29 is 14.8 Å². The van der Waals surface area contributed by atoms with Crippen molar-refractivity contribution in [2.24, 2.45) is 0 Å². The van der Waals surface area contributed by atoms with Gasteiger partial charge in [0.1, 0.15) is 18.4 Å². The van der Waals surface area contributed by atoms with E-state index in [0.29, 0.717) is 0 Å². The van der Waals surface area contributed by atoms with Gasteiger partial charge < -0.3 is 10.0 Å². The van der Waals surface area contributed by atoms with E-state index in [1.54, 1.807) is 0 Å². The molecule has 0 aliphatic carbocycles. The molecule has 0 saturated heterocycles. The van der Waals surface area contributed by atoms with Gasteiger partial charge in [0.25, 0.3) is 0 Å². The van der Waals surface area contributed by atoms with Crippen LogP contribution in [0, 0.1) is 10.1 Å². The van der Waals surface area contributed by atoms with Crippen LogP contribution in [0.5, 0.6) is 0 Å². The molecule has 7 nitrogen and oxygen atoms in total. The molecule has 1 aromatic rings. The fourth-order valence-corrected chi connectivity index (χ4v) is 1.35. The van der Waals surface area contributed by atoms with Crippen LogP contribution < -0.4 is 4.90 Å². The van der Waals surface area contributed by atoms with Crippen molar-refractivity contribution >= 4 is 17.3 Å². The molecule has 17 heavy (non-hydrogen) atoms. The van der Waals surface area contributed by atoms with Gasteiger partial charge in [0, 0.05) is 12.7 Å². The van der Waals surface area contributed by atoms with Crippen molar-refractivity contribution in [2.45, 2.75) is 0 Å². The largest absolute Gasteiger partial charge is 0.480 e. The molecule has 0 fully saturated rings. The monoisotopic (exact) mass is 237 g/mol. The number of anilines is 1. The number of aromatic nitrogens is 1. The second-order valence-corrected chi connectivity index (χ2v) is 3.18. The summed E-state index contributed by atoms with van der Waals surface area (Å²) < 4.78 is 0. The minimum atomic E-state index is -1.07. The van der Waals surface area contributed by atoms with Gasteiger partial charge in [0.05, 0.1) is 4.92 Å². The van der Waals surface area contributed by atoms with Crippen molar-refractivity contribution in [3.8, 4) is 0 Å². The van der Waals surface area contributed by atoms with Crippen LogP contribution in [0.3, 0.4) is 0 Å². The number of hydrogen-bond donors (Lipinski definition) is 1. The zero-order chi connectivity index (χ0) is 12.8. The van der Waals surface area contributed by atoms with Crippen LogP contribution >= 0.6 is 0 Å². The standard InChI is InChI=1S/C10H11N3O4/c1-2-5-12(7-10(14)15)8-3-4-11-6-9(8)13(16)17/h2-4,6H,1,5,7H2,(H,14,15). The van der Waals surface area contributed by atoms with Crippen molar-refractivity contribution in [3.63, 3.8) is 0 Å². The first kappa shape index (κ1) is 12.6. The normalized spacial score (nSPS) is 9.65. The van der Waals surface area contributed by atoms with Crippen LogP contribution in [-0.4, -0.2) is 34.1 Å². The summed E-state index contributed by atoms with van der Waals surface area (Å²) in [5, 5.41) is 19.5. The Morgan fingerprint density at radius 1 is 1.71 bits per heavy atom. The highest BCUT2D eigenvalue weighted by Gasteiger charge is 2.20. The molecule has 90 valence electrons. The molecule has 0 spiro atoms. The van der Waals surface area contributed by atoms with Crippen molar-refractivity contribution in [3.05, 3.63) is 41.2 Å². The highest BCUT2D eigenvalue weighted by molar-refractivity contribution is 5.76. The second-order valence-electron chi connectivity index (χ2n) is 3.18. The SMILES string of the molecule is C=CCN(CC(=O)O)c1ccncc1[N+](=O)[O-]. The summed E-state index contributed by atoms with van der Waals surface area (Å²) >= 11 is 0. The summed E-state index contributed by atoms with van der Waals surface area (Å²) in [4.78, 5) is 25.9. The smallest absolute Gasteiger partial charge is 0.323 e. The Kier molecular flexibility index (Phi) is 4.15. The Morgan fingerprint density at radius 3 is 2.94 bits per heavy atom. The first-order valence-electron chi connectivity index (χ1n) is 4.72. The minimum Gasteiger partial charge on any atom is -0.480 e. The maximum Gasteiger partial charge on any atom is 0.323 e. The fourth-order valence-electron chi connectivity index (χ4n) is 1.35. The number of nitro groups is 1. The molecule has 0 aromatic carbocycles. The zero-order valence-corrected chi connectivity index (χ0v) is 8.94. The Morgan fingerprint density at radius 2 is 2.41 bits per heavy atom. The molecule has 1 aromatic heterocycles. The fraction of sp³-hybridized carbons (Fsp3) is 0.200. The van der Waals surface area contributed by atoms with Gasteiger partial charge in [0.2, 0.25) is 0 Å². The van der Waals surface area contributed by atoms with Gasteiger partial charge >= 0.3 is 11.7 Å². The summed E-state index contributed by atoms with van der Waals surface area (Å²) in [6.45, 7) is 3.36. The molecule has 0 saturated carbocycles. The van der Waals surface area contributed by atoms with E-state index in [9.17, 15) is 14.9 Å². The van der Waals surface area contributed by atoms with Crippen LogP contribution in [-0.2, 0) is 4.79 Å². The third-order valence-electron chi connectivity index (χ3n) is 1.99. The maximum absolute atomic E-state index is 10.8. The average Bonchev–Trinajstić information content (AvgIpc) is 2.28. The highest BCUT2D eigenvalue weighted by Crippen LogP contribution is 2.26. The number of nitrogens with zero attached hydrogens (tertiary/aromatic N) is 3. The van der Waals surface area contributed by atoms with Crippen molar-refractivity contribution in [1.82, 2.24) is 4.98 Å². The van der Waals surface area contributed by atoms with E-state index in [1.807, 2.05) is 0 Å². The lowest BCUT2D eigenvalue weighted by atomic mass is 10.3. The molecule has 1 N–H and O–H groups in total. The van der Waals surface area contributed by atoms with Crippen LogP contribution in [0.2, 0.25) is 0 Å². The first-order valence-corrected chi connectivity index (χ1v) is 4.72. The van der Waals surface area contributed by atoms with Crippen molar-refractivity contribution in [2.75, 3.05) is 18.0 Å². The molecular weight excluding hydrogens is 226 g/mol. The van der Waals surface area contributed by atoms with Crippen LogP contribution in [0.25, 0.3) is 0 Å². The molecule has 1 rings (SSSR count). The Labute approximate surface area is 97.2 Å². The molecule has 0 radical (unpaired) electrons. The van der Waals surface area contributed by atoms with E-state index in [1.165, 1.54) is 23.2 Å². The number of pyridine rings is 1. The summed E-state index contributed by atoms with van der Waals surface area (Å²) in [5.41, 5.74) is -0.0112. The molecule has 1 heterocycles. The molecule has 0 aliphatic rings. The predicted octanol–water partition coefficient (Wildman–Crippen LogP) is 1.07. The quantitative estimate of drug-likeness (QED) is 0.451. The molecule has 0 bridgehead atoms. The third-order valence-corrected chi connectivity index (χ3v) is 1.99. The predicted molar refractivity (Wildman–Crippen MR) is 60.9 cm³/mol. The topological polar surface area (TPSA) is 96.6 Å². The number of aliphatic carboxylic acids is 1. The van der Waals surface area contributed by atoms with Gasteiger partial charge in [-0.05, 0) is 6.07 Å². The van der Waals surface area contributed by atoms with Gasteiger partial charge in [-0.1, -0.05) is 6.08 Å². The number of carbonyl (C=O) groups is 1. The van der Waals surface area contributed by atoms with Crippen molar-refractivity contribution in [1.29, 1.82) is 0 Å². The number of carboxylic acid groups (broad SMARTS) is 1. The molecule has 0 atom stereocenters. The Hall–Kier alpha value is -2.44. The molecular formula is C10H11N3O4. The van der Waals surface area contributed by atoms with E-state index in [4.69, 9.17) is 5.11 Å². The number of carboxylic acids is 1. The lowest BCUT2D eigenvalue weighted by Gasteiger charge is -2.20. The van der Waals surface area contributed by atoms with Crippen LogP contribution in [0.15, 0.2) is 31.1 Å². The number of rotatable bonds is 6. The van der Waals surface area contributed by atoms with Gasteiger partial charge in [0.15, 0.2) is 0 Å². The Balaban J connectivity index is 3.12. The Bertz CT molecular complexity index is 447. The molecule has 0 amide bonds. The highest BCUT2D eigenvalue weighted by atomic mass is 16.6. The summed E-state index contributed by atoms with van der Waals surface area (Å²) in [6.07, 6.45) is 3.95. The van der Waals surface area contributed by atoms with Gasteiger partial charge in [-0.3, -0.25) is 19.9 Å². The first-order chi connectivity index (χ1) is 8.06. The minimum absolute atomic E-state index is 0.206. The summed E-state index contributed by atoms with van der Waals surface area (Å²) in [7, 11) is 0. The second kappa shape index (κ2) is 5.59. The molecule has 0 unspecified atom stereocenters. The van der Waals surface area contributed by atoms with Gasteiger partial charge in [-0.15, -0.1) is 6.58 Å². The molecule has 7 heteroatoms. The van der Waals surface area contributed by atoms with E-state index in [-0.39, 0.29) is 24.5 Å². The van der Waals surface area contributed by atoms with Crippen LogP contribution in [0.1, 0.15) is 0 Å². The van der Waals surface area contributed by atoms with E-state index in [0.717, 1.165) is 6.20 Å². The van der Waals surface area contributed by atoms with Crippen LogP contribution in [0.4, 0.5) is 11.4 Å². The van der Waals surface area contributed by atoms with E-state index in [2.05, 4.69) is 11.6 Å². The zero-order valence-electron chi connectivity index (χ0n) is 8.94. The lowest BCUT2D eigenvalue weighted by molar-refractivity contribution is -0.384. The number of hydrogen-bond acceptors (Lipinski definition) is 5. The molecule has 0 aliphatic heterocycles. The maximum atomic E-state index is 10.8. The van der Waals surface area contributed by atoms with E-state index >= 15 is 0 Å². The van der Waals surface area contributed by atoms with Gasteiger partial charge in [-0.25, -0.2) is 0 Å². The third kappa shape index (κ3) is 3.26. The van der Waals surface area contributed by atoms with Gasteiger partial charge in [-0.2, -0.15) is 0 Å². The summed E-state index contributed by atoms with van der Waals surface area (Å²) in [5.74, 6) is -1.07.